The second-order valence-corrected chi connectivity index (χ2v) is 14.1. The third-order valence-corrected chi connectivity index (χ3v) is 10.3. The summed E-state index contributed by atoms with van der Waals surface area (Å²) in [7, 11) is -4.20. The lowest BCUT2D eigenvalue weighted by molar-refractivity contribution is -0.140. The molecule has 0 fully saturated rings. The third-order valence-electron chi connectivity index (χ3n) is 7.57. The Morgan fingerprint density at radius 3 is 2.16 bits per heavy atom. The lowest BCUT2D eigenvalue weighted by Crippen LogP contribution is -2.54. The Kier molecular flexibility index (Phi) is 11.8. The number of hydrogen-bond donors (Lipinski definition) is 1. The van der Waals surface area contributed by atoms with Crippen molar-refractivity contribution in [2.75, 3.05) is 10.8 Å². The smallest absolute Gasteiger partial charge is 0.264 e. The molecular formula is C35H37BrClN3O4S. The van der Waals surface area contributed by atoms with E-state index in [9.17, 15) is 18.0 Å². The van der Waals surface area contributed by atoms with E-state index in [1.807, 2.05) is 75.4 Å². The topological polar surface area (TPSA) is 86.8 Å². The van der Waals surface area contributed by atoms with Crippen LogP contribution in [-0.2, 0) is 32.6 Å². The number of aryl methyl sites for hydroxylation is 1. The maximum absolute atomic E-state index is 14.5. The molecule has 236 valence electrons. The second kappa shape index (κ2) is 15.6. The molecule has 0 spiro atoms. The van der Waals surface area contributed by atoms with E-state index in [-0.39, 0.29) is 35.5 Å². The van der Waals surface area contributed by atoms with E-state index >= 15 is 0 Å². The molecule has 0 bridgehead atoms. The van der Waals surface area contributed by atoms with Crippen molar-refractivity contribution in [1.29, 1.82) is 0 Å². The van der Waals surface area contributed by atoms with Crippen LogP contribution in [0.15, 0.2) is 112 Å². The van der Waals surface area contributed by atoms with Crippen LogP contribution in [-0.4, -0.2) is 43.8 Å². The van der Waals surface area contributed by atoms with E-state index in [0.717, 1.165) is 25.5 Å². The predicted octanol–water partition coefficient (Wildman–Crippen LogP) is 7.16. The summed E-state index contributed by atoms with van der Waals surface area (Å²) >= 11 is 9.95. The maximum Gasteiger partial charge on any atom is 0.264 e. The van der Waals surface area contributed by atoms with Gasteiger partial charge in [-0.25, -0.2) is 8.42 Å². The third kappa shape index (κ3) is 8.96. The van der Waals surface area contributed by atoms with Gasteiger partial charge >= 0.3 is 0 Å². The molecule has 2 amide bonds. The van der Waals surface area contributed by atoms with Crippen LogP contribution in [0.5, 0.6) is 0 Å². The molecule has 0 aliphatic rings. The molecule has 0 aliphatic heterocycles. The number of nitrogens with zero attached hydrogens (tertiary/aromatic N) is 2. The number of anilines is 1. The molecule has 4 rings (SSSR count). The predicted molar refractivity (Wildman–Crippen MR) is 184 cm³/mol. The Morgan fingerprint density at radius 1 is 0.889 bits per heavy atom. The van der Waals surface area contributed by atoms with Crippen LogP contribution in [0.1, 0.15) is 37.0 Å². The minimum Gasteiger partial charge on any atom is -0.352 e. The van der Waals surface area contributed by atoms with Crippen molar-refractivity contribution in [2.24, 2.45) is 0 Å². The summed E-state index contributed by atoms with van der Waals surface area (Å²) in [6.07, 6.45) is 0.950. The van der Waals surface area contributed by atoms with Crippen molar-refractivity contribution >= 4 is 55.1 Å². The number of amides is 2. The molecule has 45 heavy (non-hydrogen) atoms. The van der Waals surface area contributed by atoms with Crippen LogP contribution in [0.3, 0.4) is 0 Å². The number of nitrogens with one attached hydrogen (secondary N) is 1. The first kappa shape index (κ1) is 34.2. The van der Waals surface area contributed by atoms with Crippen molar-refractivity contribution in [3.8, 4) is 0 Å². The van der Waals surface area contributed by atoms with Crippen LogP contribution in [0.2, 0.25) is 5.02 Å². The van der Waals surface area contributed by atoms with E-state index in [0.29, 0.717) is 11.4 Å². The summed E-state index contributed by atoms with van der Waals surface area (Å²) in [4.78, 5) is 30.0. The molecule has 10 heteroatoms. The molecule has 0 aromatic heterocycles. The Morgan fingerprint density at radius 2 is 1.53 bits per heavy atom. The lowest BCUT2D eigenvalue weighted by Gasteiger charge is -2.34. The molecule has 0 saturated heterocycles. The number of carbonyl (C=O) groups excluding carboxylic acids is 2. The van der Waals surface area contributed by atoms with Crippen LogP contribution in [0.4, 0.5) is 5.69 Å². The molecule has 0 radical (unpaired) electrons. The fourth-order valence-corrected chi connectivity index (χ4v) is 6.86. The molecule has 0 unspecified atom stereocenters. The molecule has 0 aliphatic carbocycles. The molecule has 4 aromatic rings. The highest BCUT2D eigenvalue weighted by Crippen LogP contribution is 2.29. The van der Waals surface area contributed by atoms with Crippen molar-refractivity contribution in [2.45, 2.75) is 57.1 Å². The summed E-state index contributed by atoms with van der Waals surface area (Å²) in [5.74, 6) is -0.848. The van der Waals surface area contributed by atoms with E-state index in [1.54, 1.807) is 36.4 Å². The number of benzene rings is 4. The zero-order valence-corrected chi connectivity index (χ0v) is 28.6. The molecule has 4 aromatic carbocycles. The Bertz CT molecular complexity index is 1720. The maximum atomic E-state index is 14.5. The SMILES string of the molecule is CC[C@H](C)NC(=O)[C@@H](Cc1ccccc1)N(Cc1cccc(Br)c1)C(=O)CN(c1ccc(C)c(Cl)c1)S(=O)(=O)c1ccccc1. The van der Waals surface area contributed by atoms with Crippen LogP contribution < -0.4 is 9.62 Å². The fourth-order valence-electron chi connectivity index (χ4n) is 4.81. The van der Waals surface area contributed by atoms with Crippen molar-refractivity contribution in [3.63, 3.8) is 0 Å². The van der Waals surface area contributed by atoms with Gasteiger partial charge in [0.2, 0.25) is 11.8 Å². The highest BCUT2D eigenvalue weighted by molar-refractivity contribution is 9.10. The number of sulfonamides is 1. The first-order valence-corrected chi connectivity index (χ1v) is 17.3. The molecule has 0 saturated carbocycles. The molecular weight excluding hydrogens is 674 g/mol. The largest absolute Gasteiger partial charge is 0.352 e. The number of carbonyl (C=O) groups is 2. The summed E-state index contributed by atoms with van der Waals surface area (Å²) < 4.78 is 30.1. The van der Waals surface area contributed by atoms with Crippen LogP contribution in [0, 0.1) is 6.92 Å². The van der Waals surface area contributed by atoms with Gasteiger partial charge in [-0.15, -0.1) is 0 Å². The number of halogens is 2. The molecule has 2 atom stereocenters. The normalized spacial score (nSPS) is 12.6. The van der Waals surface area contributed by atoms with Gasteiger partial charge in [0.15, 0.2) is 0 Å². The molecule has 7 nitrogen and oxygen atoms in total. The minimum atomic E-state index is -4.20. The zero-order valence-electron chi connectivity index (χ0n) is 25.5. The van der Waals surface area contributed by atoms with Gasteiger partial charge in [0.05, 0.1) is 10.6 Å². The first-order chi connectivity index (χ1) is 21.5. The summed E-state index contributed by atoms with van der Waals surface area (Å²) in [6.45, 7) is 5.23. The monoisotopic (exact) mass is 709 g/mol. The standard InChI is InChI=1S/C35H37BrClN3O4S/c1-4-26(3)38-35(42)33(21-27-12-7-5-8-13-27)39(23-28-14-11-15-29(36)20-28)34(41)24-40(30-19-18-25(2)32(37)22-30)45(43,44)31-16-9-6-10-17-31/h5-20,22,26,33H,4,21,23-24H2,1-3H3,(H,38,42)/t26-,33+/m0/s1. The van der Waals surface area contributed by atoms with E-state index in [2.05, 4.69) is 21.2 Å². The average Bonchev–Trinajstić information content (AvgIpc) is 3.03. The Hall–Kier alpha value is -3.66. The van der Waals surface area contributed by atoms with E-state index in [1.165, 1.54) is 17.0 Å². The highest BCUT2D eigenvalue weighted by Gasteiger charge is 2.35. The summed E-state index contributed by atoms with van der Waals surface area (Å²) in [5, 5.41) is 3.42. The lowest BCUT2D eigenvalue weighted by atomic mass is 10.0. The van der Waals surface area contributed by atoms with Gasteiger partial charge in [0.25, 0.3) is 10.0 Å². The van der Waals surface area contributed by atoms with Gasteiger partial charge in [-0.1, -0.05) is 101 Å². The average molecular weight is 711 g/mol. The van der Waals surface area contributed by atoms with Gasteiger partial charge in [-0.3, -0.25) is 13.9 Å². The zero-order chi connectivity index (χ0) is 32.6. The van der Waals surface area contributed by atoms with Gasteiger partial charge < -0.3 is 10.2 Å². The van der Waals surface area contributed by atoms with Crippen molar-refractivity contribution in [1.82, 2.24) is 10.2 Å². The number of rotatable bonds is 13. The fraction of sp³-hybridized carbons (Fsp3) is 0.257. The second-order valence-electron chi connectivity index (χ2n) is 10.9. The summed E-state index contributed by atoms with van der Waals surface area (Å²) in [6, 6.07) is 28.8. The Labute approximate surface area is 279 Å². The minimum absolute atomic E-state index is 0.0309. The van der Waals surface area contributed by atoms with E-state index in [4.69, 9.17) is 11.6 Å². The quantitative estimate of drug-likeness (QED) is 0.160. The van der Waals surface area contributed by atoms with Crippen molar-refractivity contribution in [3.05, 3.63) is 129 Å². The number of hydrogen-bond acceptors (Lipinski definition) is 4. The van der Waals surface area contributed by atoms with Gasteiger partial charge in [-0.05, 0) is 73.4 Å². The Balaban J connectivity index is 1.82. The van der Waals surface area contributed by atoms with Gasteiger partial charge in [0, 0.05) is 28.5 Å². The highest BCUT2D eigenvalue weighted by atomic mass is 79.9. The van der Waals surface area contributed by atoms with Crippen molar-refractivity contribution < 1.29 is 18.0 Å². The van der Waals surface area contributed by atoms with Crippen LogP contribution >= 0.6 is 27.5 Å². The summed E-state index contributed by atoms with van der Waals surface area (Å²) in [5.41, 5.74) is 2.66. The molecule has 0 heterocycles. The first-order valence-electron chi connectivity index (χ1n) is 14.7. The molecule has 1 N–H and O–H groups in total. The van der Waals surface area contributed by atoms with Crippen LogP contribution in [0.25, 0.3) is 0 Å². The van der Waals surface area contributed by atoms with Gasteiger partial charge in [-0.2, -0.15) is 0 Å². The van der Waals surface area contributed by atoms with E-state index < -0.39 is 28.5 Å². The van der Waals surface area contributed by atoms with Gasteiger partial charge in [0.1, 0.15) is 12.6 Å².